The van der Waals surface area contributed by atoms with Gasteiger partial charge in [-0.15, -0.1) is 0 Å². The Morgan fingerprint density at radius 3 is 2.43 bits per heavy atom. The van der Waals surface area contributed by atoms with Crippen molar-refractivity contribution >= 4 is 15.7 Å². The Morgan fingerprint density at radius 2 is 1.80 bits per heavy atom. The standard InChI is InChI=1S/C20H20F3N3O3S/c1-10-3-14(19-15(22)6-12(21)7-16(19)23)20(24-9-10)18-8-17(25-29-18)11-4-13(5-11)26-30(2,27)28/h3,6-7,9,11,13,18,26H,4-5,8H2,1-2H3/t11-,13+,18?. The second kappa shape index (κ2) is 7.66. The number of aromatic nitrogens is 1. The predicted molar refractivity (Wildman–Crippen MR) is 105 cm³/mol. The summed E-state index contributed by atoms with van der Waals surface area (Å²) in [5.41, 5.74) is 1.59. The van der Waals surface area contributed by atoms with Gasteiger partial charge in [-0.1, -0.05) is 5.16 Å². The lowest BCUT2D eigenvalue weighted by Gasteiger charge is -2.34. The number of hydrogen-bond acceptors (Lipinski definition) is 5. The summed E-state index contributed by atoms with van der Waals surface area (Å²) in [4.78, 5) is 9.84. The minimum absolute atomic E-state index is 0.0717. The van der Waals surface area contributed by atoms with Crippen LogP contribution in [-0.4, -0.2) is 31.4 Å². The lowest BCUT2D eigenvalue weighted by atomic mass is 9.76. The molecule has 160 valence electrons. The number of rotatable bonds is 5. The summed E-state index contributed by atoms with van der Waals surface area (Å²) in [6, 6.07) is 2.71. The predicted octanol–water partition coefficient (Wildman–Crippen LogP) is 3.62. The topological polar surface area (TPSA) is 80.7 Å². The number of sulfonamides is 1. The van der Waals surface area contributed by atoms with Crippen molar-refractivity contribution in [1.82, 2.24) is 9.71 Å². The van der Waals surface area contributed by atoms with E-state index in [0.717, 1.165) is 12.0 Å². The van der Waals surface area contributed by atoms with Crippen molar-refractivity contribution in [2.75, 3.05) is 6.26 Å². The fourth-order valence-corrected chi connectivity index (χ4v) is 4.71. The van der Waals surface area contributed by atoms with Crippen LogP contribution in [0.3, 0.4) is 0 Å². The summed E-state index contributed by atoms with van der Waals surface area (Å²) in [5.74, 6) is -2.97. The zero-order chi connectivity index (χ0) is 21.6. The summed E-state index contributed by atoms with van der Waals surface area (Å²) in [5, 5.41) is 4.11. The van der Waals surface area contributed by atoms with E-state index >= 15 is 0 Å². The number of benzene rings is 1. The lowest BCUT2D eigenvalue weighted by molar-refractivity contribution is 0.0828. The van der Waals surface area contributed by atoms with Crippen LogP contribution in [0.4, 0.5) is 13.2 Å². The molecule has 1 saturated carbocycles. The van der Waals surface area contributed by atoms with Gasteiger partial charge in [0.05, 0.1) is 23.2 Å². The largest absolute Gasteiger partial charge is 0.386 e. The summed E-state index contributed by atoms with van der Waals surface area (Å²) < 4.78 is 67.4. The number of nitrogens with one attached hydrogen (secondary N) is 1. The number of hydrogen-bond donors (Lipinski definition) is 1. The van der Waals surface area contributed by atoms with Gasteiger partial charge >= 0.3 is 0 Å². The fraction of sp³-hybridized carbons (Fsp3) is 0.400. The number of pyridine rings is 1. The molecule has 2 aliphatic rings. The monoisotopic (exact) mass is 439 g/mol. The molecule has 0 saturated heterocycles. The zero-order valence-corrected chi connectivity index (χ0v) is 17.1. The zero-order valence-electron chi connectivity index (χ0n) is 16.3. The van der Waals surface area contributed by atoms with Crippen molar-refractivity contribution in [2.24, 2.45) is 11.1 Å². The summed E-state index contributed by atoms with van der Waals surface area (Å²) in [6.45, 7) is 1.74. The Labute approximate surface area is 172 Å². The maximum atomic E-state index is 14.4. The Balaban J connectivity index is 1.55. The molecule has 1 aromatic carbocycles. The second-order valence-corrected chi connectivity index (χ2v) is 9.61. The molecule has 1 aromatic heterocycles. The van der Waals surface area contributed by atoms with Gasteiger partial charge in [0, 0.05) is 42.3 Å². The van der Waals surface area contributed by atoms with Gasteiger partial charge in [-0.3, -0.25) is 4.98 Å². The quantitative estimate of drug-likeness (QED) is 0.772. The van der Waals surface area contributed by atoms with Gasteiger partial charge in [-0.2, -0.15) is 0 Å². The molecular formula is C20H20F3N3O3S. The van der Waals surface area contributed by atoms with Crippen LogP contribution >= 0.6 is 0 Å². The molecule has 1 aliphatic heterocycles. The first-order valence-electron chi connectivity index (χ1n) is 9.42. The molecule has 2 aromatic rings. The van der Waals surface area contributed by atoms with Crippen molar-refractivity contribution in [2.45, 2.75) is 38.3 Å². The SMILES string of the molecule is Cc1cnc(C2CC([C@H]3C[C@@H](NS(C)(=O)=O)C3)=NO2)c(-c2c(F)cc(F)cc2F)c1. The number of aryl methyl sites for hydroxylation is 1. The van der Waals surface area contributed by atoms with E-state index in [1.54, 1.807) is 19.2 Å². The number of nitrogens with zero attached hydrogens (tertiary/aromatic N) is 2. The molecule has 4 rings (SSSR count). The van der Waals surface area contributed by atoms with Gasteiger partial charge in [-0.05, 0) is 31.4 Å². The molecule has 30 heavy (non-hydrogen) atoms. The van der Waals surface area contributed by atoms with Crippen molar-refractivity contribution in [3.63, 3.8) is 0 Å². The van der Waals surface area contributed by atoms with E-state index in [4.69, 9.17) is 4.84 Å². The van der Waals surface area contributed by atoms with Crippen LogP contribution in [0.1, 0.15) is 36.6 Å². The van der Waals surface area contributed by atoms with Crippen LogP contribution in [0.25, 0.3) is 11.1 Å². The van der Waals surface area contributed by atoms with E-state index < -0.39 is 33.6 Å². The molecule has 1 fully saturated rings. The molecule has 0 radical (unpaired) electrons. The summed E-state index contributed by atoms with van der Waals surface area (Å²) in [7, 11) is -3.27. The molecule has 0 amide bonds. The van der Waals surface area contributed by atoms with E-state index in [2.05, 4.69) is 14.9 Å². The van der Waals surface area contributed by atoms with Gasteiger partial charge in [-0.25, -0.2) is 26.3 Å². The van der Waals surface area contributed by atoms with E-state index in [1.165, 1.54) is 0 Å². The van der Waals surface area contributed by atoms with E-state index in [1.807, 2.05) is 0 Å². The van der Waals surface area contributed by atoms with Gasteiger partial charge in [0.25, 0.3) is 0 Å². The third-order valence-electron chi connectivity index (χ3n) is 5.32. The minimum Gasteiger partial charge on any atom is -0.386 e. The van der Waals surface area contributed by atoms with Crippen LogP contribution in [-0.2, 0) is 14.9 Å². The molecule has 2 heterocycles. The molecule has 1 unspecified atom stereocenters. The molecule has 1 aliphatic carbocycles. The third-order valence-corrected chi connectivity index (χ3v) is 6.08. The lowest BCUT2D eigenvalue weighted by Crippen LogP contribution is -2.46. The Kier molecular flexibility index (Phi) is 5.31. The third kappa shape index (κ3) is 4.20. The van der Waals surface area contributed by atoms with Gasteiger partial charge in [0.2, 0.25) is 10.0 Å². The van der Waals surface area contributed by atoms with Crippen LogP contribution < -0.4 is 4.72 Å². The Morgan fingerprint density at radius 1 is 1.13 bits per heavy atom. The van der Waals surface area contributed by atoms with Crippen molar-refractivity contribution in [3.05, 3.63) is 53.1 Å². The first kappa shape index (κ1) is 20.8. The van der Waals surface area contributed by atoms with Crippen LogP contribution in [0.15, 0.2) is 29.6 Å². The molecule has 1 N–H and O–H groups in total. The average molecular weight is 439 g/mol. The van der Waals surface area contributed by atoms with Crippen molar-refractivity contribution < 1.29 is 26.4 Å². The number of halogens is 3. The van der Waals surface area contributed by atoms with E-state index in [0.29, 0.717) is 42.7 Å². The highest BCUT2D eigenvalue weighted by molar-refractivity contribution is 7.88. The minimum atomic E-state index is -3.27. The summed E-state index contributed by atoms with van der Waals surface area (Å²) in [6.07, 6.45) is 3.64. The fourth-order valence-electron chi connectivity index (χ4n) is 3.91. The van der Waals surface area contributed by atoms with Gasteiger partial charge in [0.1, 0.15) is 17.5 Å². The smallest absolute Gasteiger partial charge is 0.208 e. The number of oxime groups is 1. The molecule has 6 nitrogen and oxygen atoms in total. The Bertz CT molecular complexity index is 1110. The average Bonchev–Trinajstić information content (AvgIpc) is 3.05. The van der Waals surface area contributed by atoms with Gasteiger partial charge in [0.15, 0.2) is 6.10 Å². The van der Waals surface area contributed by atoms with E-state index in [9.17, 15) is 21.6 Å². The highest BCUT2D eigenvalue weighted by Crippen LogP contribution is 2.40. The van der Waals surface area contributed by atoms with Crippen LogP contribution in [0.5, 0.6) is 0 Å². The molecule has 0 spiro atoms. The normalized spacial score (nSPS) is 23.6. The summed E-state index contributed by atoms with van der Waals surface area (Å²) >= 11 is 0. The van der Waals surface area contributed by atoms with Crippen LogP contribution in [0, 0.1) is 30.3 Å². The maximum Gasteiger partial charge on any atom is 0.208 e. The molecule has 0 bridgehead atoms. The highest BCUT2D eigenvalue weighted by Gasteiger charge is 2.39. The first-order chi connectivity index (χ1) is 14.1. The molecular weight excluding hydrogens is 419 g/mol. The Hall–Kier alpha value is -2.46. The second-order valence-electron chi connectivity index (χ2n) is 7.83. The van der Waals surface area contributed by atoms with Crippen LogP contribution in [0.2, 0.25) is 0 Å². The highest BCUT2D eigenvalue weighted by atomic mass is 32.2. The van der Waals surface area contributed by atoms with Gasteiger partial charge < -0.3 is 4.84 Å². The van der Waals surface area contributed by atoms with Crippen molar-refractivity contribution in [1.29, 1.82) is 0 Å². The van der Waals surface area contributed by atoms with Crippen molar-refractivity contribution in [3.8, 4) is 11.1 Å². The first-order valence-corrected chi connectivity index (χ1v) is 11.3. The maximum absolute atomic E-state index is 14.4. The van der Waals surface area contributed by atoms with E-state index in [-0.39, 0.29) is 23.1 Å². The molecule has 10 heteroatoms. The molecule has 1 atom stereocenters.